The van der Waals surface area contributed by atoms with Gasteiger partial charge in [0.1, 0.15) is 5.75 Å². The zero-order chi connectivity index (χ0) is 16.4. The Labute approximate surface area is 137 Å². The third kappa shape index (κ3) is 3.33. The SMILES string of the molecule is CCOc1cccc(C(=O)N(C)C2C[C@@H]3CNC(=O)C[C@H]3C2)c1. The summed E-state index contributed by atoms with van der Waals surface area (Å²) in [6.45, 7) is 3.26. The van der Waals surface area contributed by atoms with Gasteiger partial charge in [-0.3, -0.25) is 9.59 Å². The summed E-state index contributed by atoms with van der Waals surface area (Å²) in [7, 11) is 1.87. The molecule has 124 valence electrons. The number of ether oxygens (including phenoxy) is 1. The fraction of sp³-hybridized carbons (Fsp3) is 0.556. The maximum absolute atomic E-state index is 12.7. The minimum absolute atomic E-state index is 0.0227. The van der Waals surface area contributed by atoms with Crippen LogP contribution in [0.4, 0.5) is 0 Å². The zero-order valence-corrected chi connectivity index (χ0v) is 13.7. The smallest absolute Gasteiger partial charge is 0.253 e. The monoisotopic (exact) mass is 316 g/mol. The number of carbonyl (C=O) groups excluding carboxylic acids is 2. The molecule has 23 heavy (non-hydrogen) atoms. The van der Waals surface area contributed by atoms with Gasteiger partial charge in [0.25, 0.3) is 5.91 Å². The van der Waals surface area contributed by atoms with Crippen molar-refractivity contribution < 1.29 is 14.3 Å². The third-order valence-corrected chi connectivity index (χ3v) is 5.09. The van der Waals surface area contributed by atoms with Gasteiger partial charge in [-0.15, -0.1) is 0 Å². The average Bonchev–Trinajstić information content (AvgIpc) is 2.97. The first kappa shape index (κ1) is 15.8. The number of nitrogens with zero attached hydrogens (tertiary/aromatic N) is 1. The second-order valence-electron chi connectivity index (χ2n) is 6.53. The molecule has 1 aromatic rings. The van der Waals surface area contributed by atoms with E-state index in [0.717, 1.165) is 25.1 Å². The second-order valence-corrected chi connectivity index (χ2v) is 6.53. The summed E-state index contributed by atoms with van der Waals surface area (Å²) in [6.07, 6.45) is 2.49. The topological polar surface area (TPSA) is 58.6 Å². The molecule has 0 spiro atoms. The van der Waals surface area contributed by atoms with E-state index in [0.29, 0.717) is 30.4 Å². The maximum atomic E-state index is 12.7. The quantitative estimate of drug-likeness (QED) is 0.925. The molecule has 0 aromatic heterocycles. The van der Waals surface area contributed by atoms with Gasteiger partial charge in [0.2, 0.25) is 5.91 Å². The van der Waals surface area contributed by atoms with Crippen LogP contribution in [0.5, 0.6) is 5.75 Å². The molecule has 1 saturated carbocycles. The van der Waals surface area contributed by atoms with Gasteiger partial charge >= 0.3 is 0 Å². The van der Waals surface area contributed by atoms with Gasteiger partial charge in [0, 0.05) is 31.6 Å². The highest BCUT2D eigenvalue weighted by atomic mass is 16.5. The van der Waals surface area contributed by atoms with E-state index in [-0.39, 0.29) is 17.9 Å². The molecule has 3 atom stereocenters. The molecule has 2 fully saturated rings. The minimum Gasteiger partial charge on any atom is -0.494 e. The molecular formula is C18H24N2O3. The Balaban J connectivity index is 1.68. The molecule has 3 rings (SSSR count). The van der Waals surface area contributed by atoms with Crippen LogP contribution in [0.3, 0.4) is 0 Å². The number of rotatable bonds is 4. The number of piperidine rings is 1. The first-order valence-electron chi connectivity index (χ1n) is 8.35. The zero-order valence-electron chi connectivity index (χ0n) is 13.7. The Kier molecular flexibility index (Phi) is 4.55. The number of carbonyl (C=O) groups is 2. The van der Waals surface area contributed by atoms with Gasteiger partial charge in [-0.1, -0.05) is 6.07 Å². The van der Waals surface area contributed by atoms with Crippen LogP contribution in [0.2, 0.25) is 0 Å². The predicted octanol–water partition coefficient (Wildman–Crippen LogP) is 2.07. The van der Waals surface area contributed by atoms with Crippen molar-refractivity contribution >= 4 is 11.8 Å². The second kappa shape index (κ2) is 6.60. The number of benzene rings is 1. The normalized spacial score (nSPS) is 26.3. The maximum Gasteiger partial charge on any atom is 0.253 e. The van der Waals surface area contributed by atoms with Crippen LogP contribution >= 0.6 is 0 Å². The van der Waals surface area contributed by atoms with Crippen LogP contribution in [0, 0.1) is 11.8 Å². The first-order chi connectivity index (χ1) is 11.1. The lowest BCUT2D eigenvalue weighted by molar-refractivity contribution is -0.124. The fourth-order valence-electron chi connectivity index (χ4n) is 3.81. The Morgan fingerprint density at radius 2 is 2.13 bits per heavy atom. The lowest BCUT2D eigenvalue weighted by Crippen LogP contribution is -2.38. The van der Waals surface area contributed by atoms with Crippen LogP contribution < -0.4 is 10.1 Å². The van der Waals surface area contributed by atoms with Gasteiger partial charge in [-0.25, -0.2) is 0 Å². The summed E-state index contributed by atoms with van der Waals surface area (Å²) < 4.78 is 5.47. The number of hydrogen-bond acceptors (Lipinski definition) is 3. The minimum atomic E-state index is 0.0227. The van der Waals surface area contributed by atoms with Crippen LogP contribution in [-0.2, 0) is 4.79 Å². The van der Waals surface area contributed by atoms with Crippen molar-refractivity contribution in [2.24, 2.45) is 11.8 Å². The molecular weight excluding hydrogens is 292 g/mol. The van der Waals surface area contributed by atoms with E-state index >= 15 is 0 Å². The number of hydrogen-bond donors (Lipinski definition) is 1. The highest BCUT2D eigenvalue weighted by Crippen LogP contribution is 2.38. The molecule has 1 aliphatic heterocycles. The molecule has 2 aliphatic rings. The molecule has 0 bridgehead atoms. The molecule has 1 N–H and O–H groups in total. The van der Waals surface area contributed by atoms with Crippen LogP contribution in [0.15, 0.2) is 24.3 Å². The Bertz CT molecular complexity index is 602. The van der Waals surface area contributed by atoms with E-state index in [9.17, 15) is 9.59 Å². The Hall–Kier alpha value is -2.04. The summed E-state index contributed by atoms with van der Waals surface area (Å²) in [6, 6.07) is 7.55. The summed E-state index contributed by atoms with van der Waals surface area (Å²) in [5.41, 5.74) is 0.655. The molecule has 1 unspecified atom stereocenters. The van der Waals surface area contributed by atoms with E-state index in [1.165, 1.54) is 0 Å². The summed E-state index contributed by atoms with van der Waals surface area (Å²) in [4.78, 5) is 26.1. The largest absolute Gasteiger partial charge is 0.494 e. The van der Waals surface area contributed by atoms with Gasteiger partial charge in [-0.05, 0) is 49.8 Å². The number of fused-ring (bicyclic) bond motifs is 1. The highest BCUT2D eigenvalue weighted by molar-refractivity contribution is 5.94. The van der Waals surface area contributed by atoms with Crippen molar-refractivity contribution in [1.82, 2.24) is 10.2 Å². The fourth-order valence-corrected chi connectivity index (χ4v) is 3.81. The van der Waals surface area contributed by atoms with E-state index < -0.39 is 0 Å². The lowest BCUT2D eigenvalue weighted by atomic mass is 9.89. The van der Waals surface area contributed by atoms with Crippen molar-refractivity contribution in [3.05, 3.63) is 29.8 Å². The van der Waals surface area contributed by atoms with Crippen molar-refractivity contribution in [1.29, 1.82) is 0 Å². The predicted molar refractivity (Wildman–Crippen MR) is 87.3 cm³/mol. The molecule has 1 aromatic carbocycles. The van der Waals surface area contributed by atoms with E-state index in [4.69, 9.17) is 4.74 Å². The molecule has 1 aliphatic carbocycles. The van der Waals surface area contributed by atoms with Gasteiger partial charge in [0.05, 0.1) is 6.61 Å². The number of amides is 2. The van der Waals surface area contributed by atoms with Crippen molar-refractivity contribution in [2.75, 3.05) is 20.2 Å². The standard InChI is InChI=1S/C18H24N2O3/c1-3-23-16-6-4-5-12(9-16)18(22)20(2)15-7-13-10-17(21)19-11-14(13)8-15/h4-6,9,13-15H,3,7-8,10-11H2,1-2H3,(H,19,21)/t13-,14-,15?/m1/s1. The van der Waals surface area contributed by atoms with Crippen molar-refractivity contribution in [2.45, 2.75) is 32.2 Å². The van der Waals surface area contributed by atoms with Gasteiger partial charge in [-0.2, -0.15) is 0 Å². The highest BCUT2D eigenvalue weighted by Gasteiger charge is 2.40. The van der Waals surface area contributed by atoms with Crippen molar-refractivity contribution in [3.8, 4) is 5.75 Å². The number of nitrogens with one attached hydrogen (secondary N) is 1. The van der Waals surface area contributed by atoms with E-state index in [1.807, 2.05) is 37.1 Å². The molecule has 1 saturated heterocycles. The van der Waals surface area contributed by atoms with E-state index in [2.05, 4.69) is 5.32 Å². The molecule has 5 heteroatoms. The lowest BCUT2D eigenvalue weighted by Gasteiger charge is -2.25. The molecule has 0 radical (unpaired) electrons. The average molecular weight is 316 g/mol. The van der Waals surface area contributed by atoms with Crippen molar-refractivity contribution in [3.63, 3.8) is 0 Å². The first-order valence-corrected chi connectivity index (χ1v) is 8.35. The van der Waals surface area contributed by atoms with Gasteiger partial charge < -0.3 is 15.0 Å². The molecule has 5 nitrogen and oxygen atoms in total. The van der Waals surface area contributed by atoms with Crippen LogP contribution in [-0.4, -0.2) is 43.0 Å². The Morgan fingerprint density at radius 1 is 1.35 bits per heavy atom. The summed E-state index contributed by atoms with van der Waals surface area (Å²) in [5, 5.41) is 2.94. The van der Waals surface area contributed by atoms with Crippen LogP contribution in [0.1, 0.15) is 36.5 Å². The van der Waals surface area contributed by atoms with Gasteiger partial charge in [0.15, 0.2) is 0 Å². The van der Waals surface area contributed by atoms with Crippen LogP contribution in [0.25, 0.3) is 0 Å². The molecule has 1 heterocycles. The third-order valence-electron chi connectivity index (χ3n) is 5.09. The summed E-state index contributed by atoms with van der Waals surface area (Å²) in [5.74, 6) is 1.81. The van der Waals surface area contributed by atoms with E-state index in [1.54, 1.807) is 6.07 Å². The molecule has 2 amide bonds. The summed E-state index contributed by atoms with van der Waals surface area (Å²) >= 11 is 0. The Morgan fingerprint density at radius 3 is 2.91 bits per heavy atom.